The fraction of sp³-hybridized carbons (Fsp3) is 0.533. The van der Waals surface area contributed by atoms with Gasteiger partial charge in [-0.25, -0.2) is 13.6 Å². The Hall–Kier alpha value is -1.69. The first-order chi connectivity index (χ1) is 10.0. The van der Waals surface area contributed by atoms with Gasteiger partial charge in [0.15, 0.2) is 0 Å². The second kappa shape index (κ2) is 6.85. The van der Waals surface area contributed by atoms with E-state index in [4.69, 9.17) is 0 Å². The van der Waals surface area contributed by atoms with Crippen LogP contribution in [0.1, 0.15) is 32.1 Å². The third kappa shape index (κ3) is 4.14. The predicted molar refractivity (Wildman–Crippen MR) is 76.0 cm³/mol. The van der Waals surface area contributed by atoms with Crippen LogP contribution in [0.4, 0.5) is 19.3 Å². The molecule has 0 saturated heterocycles. The molecule has 0 heterocycles. The van der Waals surface area contributed by atoms with Gasteiger partial charge in [0.05, 0.1) is 12.3 Å². The molecule has 1 aliphatic rings. The number of rotatable bonds is 4. The van der Waals surface area contributed by atoms with Gasteiger partial charge in [-0.1, -0.05) is 19.3 Å². The fourth-order valence-electron chi connectivity index (χ4n) is 2.72. The lowest BCUT2D eigenvalue weighted by molar-refractivity contribution is 0.0840. The third-order valence-corrected chi connectivity index (χ3v) is 4.05. The van der Waals surface area contributed by atoms with Crippen molar-refractivity contribution in [2.24, 2.45) is 5.41 Å². The first-order valence-electron chi connectivity index (χ1n) is 7.15. The molecule has 4 nitrogen and oxygen atoms in total. The maximum atomic E-state index is 13.4. The minimum atomic E-state index is -0.820. The average molecular weight is 298 g/mol. The zero-order chi connectivity index (χ0) is 15.3. The molecular weight excluding hydrogens is 278 g/mol. The molecule has 1 aromatic carbocycles. The van der Waals surface area contributed by atoms with Crippen molar-refractivity contribution in [1.82, 2.24) is 5.32 Å². The lowest BCUT2D eigenvalue weighted by atomic mass is 9.74. The maximum absolute atomic E-state index is 13.4. The summed E-state index contributed by atoms with van der Waals surface area (Å²) in [6, 6.07) is 2.41. The number of urea groups is 1. The zero-order valence-corrected chi connectivity index (χ0v) is 11.8. The van der Waals surface area contributed by atoms with E-state index in [1.54, 1.807) is 0 Å². The number of carbonyl (C=O) groups is 1. The molecule has 0 atom stereocenters. The lowest BCUT2D eigenvalue weighted by Gasteiger charge is -2.35. The van der Waals surface area contributed by atoms with Crippen LogP contribution in [-0.2, 0) is 0 Å². The van der Waals surface area contributed by atoms with Gasteiger partial charge in [0, 0.05) is 18.0 Å². The quantitative estimate of drug-likeness (QED) is 0.800. The summed E-state index contributed by atoms with van der Waals surface area (Å²) >= 11 is 0. The van der Waals surface area contributed by atoms with Crippen molar-refractivity contribution >= 4 is 11.7 Å². The highest BCUT2D eigenvalue weighted by Crippen LogP contribution is 2.35. The molecule has 6 heteroatoms. The summed E-state index contributed by atoms with van der Waals surface area (Å²) in [5.41, 5.74) is -0.354. The molecule has 2 amide bonds. The van der Waals surface area contributed by atoms with Gasteiger partial charge in [-0.15, -0.1) is 0 Å². The minimum absolute atomic E-state index is 0.0260. The summed E-state index contributed by atoms with van der Waals surface area (Å²) in [7, 11) is 0. The Labute approximate surface area is 122 Å². The van der Waals surface area contributed by atoms with Crippen LogP contribution in [-0.4, -0.2) is 24.3 Å². The van der Waals surface area contributed by atoms with Gasteiger partial charge in [-0.05, 0) is 25.0 Å². The van der Waals surface area contributed by atoms with Gasteiger partial charge >= 0.3 is 6.03 Å². The SMILES string of the molecule is O=C(NCC1(CO)CCCCC1)Nc1ccc(F)cc1F. The van der Waals surface area contributed by atoms with Crippen LogP contribution >= 0.6 is 0 Å². The Kier molecular flexibility index (Phi) is 5.12. The molecule has 0 unspecified atom stereocenters. The number of aliphatic hydroxyl groups is 1. The number of halogens is 2. The molecule has 0 bridgehead atoms. The normalized spacial score (nSPS) is 17.3. The fourth-order valence-corrected chi connectivity index (χ4v) is 2.72. The highest BCUT2D eigenvalue weighted by molar-refractivity contribution is 5.89. The second-order valence-corrected chi connectivity index (χ2v) is 5.65. The molecular formula is C15H20F2N2O2. The van der Waals surface area contributed by atoms with Gasteiger partial charge in [-0.2, -0.15) is 0 Å². The number of hydrogen-bond acceptors (Lipinski definition) is 2. The third-order valence-electron chi connectivity index (χ3n) is 4.05. The molecule has 3 N–H and O–H groups in total. The Morgan fingerprint density at radius 3 is 2.57 bits per heavy atom. The molecule has 1 saturated carbocycles. The number of nitrogens with one attached hydrogen (secondary N) is 2. The topological polar surface area (TPSA) is 61.4 Å². The highest BCUT2D eigenvalue weighted by atomic mass is 19.1. The monoisotopic (exact) mass is 298 g/mol. The maximum Gasteiger partial charge on any atom is 0.319 e. The summed E-state index contributed by atoms with van der Waals surface area (Å²) in [5, 5.41) is 14.6. The summed E-state index contributed by atoms with van der Waals surface area (Å²) in [6.45, 7) is 0.371. The standard InChI is InChI=1S/C15H20F2N2O2/c16-11-4-5-13(12(17)8-11)19-14(21)18-9-15(10-20)6-2-1-3-7-15/h4-5,8,20H,1-3,6-7,9-10H2,(H2,18,19,21). The number of amides is 2. The number of anilines is 1. The largest absolute Gasteiger partial charge is 0.396 e. The summed E-state index contributed by atoms with van der Waals surface area (Å²) in [6.07, 6.45) is 4.96. The summed E-state index contributed by atoms with van der Waals surface area (Å²) < 4.78 is 26.2. The van der Waals surface area contributed by atoms with Gasteiger partial charge in [0.25, 0.3) is 0 Å². The Morgan fingerprint density at radius 1 is 1.24 bits per heavy atom. The molecule has 0 spiro atoms. The van der Waals surface area contributed by atoms with Gasteiger partial charge in [0.1, 0.15) is 11.6 Å². The Morgan fingerprint density at radius 2 is 1.95 bits per heavy atom. The lowest BCUT2D eigenvalue weighted by Crippen LogP contribution is -2.42. The van der Waals surface area contributed by atoms with Crippen molar-refractivity contribution in [3.05, 3.63) is 29.8 Å². The Balaban J connectivity index is 1.89. The highest BCUT2D eigenvalue weighted by Gasteiger charge is 2.31. The first kappa shape index (κ1) is 15.7. The van der Waals surface area contributed by atoms with Crippen molar-refractivity contribution in [1.29, 1.82) is 0 Å². The van der Waals surface area contributed by atoms with Crippen LogP contribution in [0.5, 0.6) is 0 Å². The number of carbonyl (C=O) groups excluding carboxylic acids is 1. The van der Waals surface area contributed by atoms with Crippen LogP contribution in [0, 0.1) is 17.0 Å². The van der Waals surface area contributed by atoms with E-state index in [1.165, 1.54) is 6.07 Å². The molecule has 1 fully saturated rings. The molecule has 0 radical (unpaired) electrons. The van der Waals surface area contributed by atoms with Gasteiger partial charge in [-0.3, -0.25) is 0 Å². The number of benzene rings is 1. The van der Waals surface area contributed by atoms with E-state index in [9.17, 15) is 18.7 Å². The predicted octanol–water partition coefficient (Wildman–Crippen LogP) is 3.03. The Bertz CT molecular complexity index is 502. The summed E-state index contributed by atoms with van der Waals surface area (Å²) in [4.78, 5) is 11.8. The molecule has 2 rings (SSSR count). The van der Waals surface area contributed by atoms with Gasteiger partial charge in [0.2, 0.25) is 0 Å². The van der Waals surface area contributed by atoms with Crippen LogP contribution < -0.4 is 10.6 Å². The van der Waals surface area contributed by atoms with Crippen LogP contribution in [0.3, 0.4) is 0 Å². The van der Waals surface area contributed by atoms with E-state index in [0.717, 1.165) is 38.2 Å². The average Bonchev–Trinajstić information content (AvgIpc) is 2.49. The van der Waals surface area contributed by atoms with E-state index in [0.29, 0.717) is 12.6 Å². The van der Waals surface area contributed by atoms with Crippen molar-refractivity contribution in [3.8, 4) is 0 Å². The first-order valence-corrected chi connectivity index (χ1v) is 7.15. The molecule has 0 aromatic heterocycles. The van der Waals surface area contributed by atoms with Crippen LogP contribution in [0.25, 0.3) is 0 Å². The van der Waals surface area contributed by atoms with Crippen molar-refractivity contribution < 1.29 is 18.7 Å². The van der Waals surface area contributed by atoms with Gasteiger partial charge < -0.3 is 15.7 Å². The van der Waals surface area contributed by atoms with Crippen LogP contribution in [0.15, 0.2) is 18.2 Å². The van der Waals surface area contributed by atoms with E-state index < -0.39 is 17.7 Å². The van der Waals surface area contributed by atoms with Crippen molar-refractivity contribution in [2.75, 3.05) is 18.5 Å². The molecule has 1 aromatic rings. The minimum Gasteiger partial charge on any atom is -0.396 e. The smallest absolute Gasteiger partial charge is 0.319 e. The van der Waals surface area contributed by atoms with Crippen molar-refractivity contribution in [3.63, 3.8) is 0 Å². The second-order valence-electron chi connectivity index (χ2n) is 5.65. The molecule has 116 valence electrons. The number of hydrogen-bond donors (Lipinski definition) is 3. The molecule has 21 heavy (non-hydrogen) atoms. The van der Waals surface area contributed by atoms with E-state index in [1.807, 2.05) is 0 Å². The van der Waals surface area contributed by atoms with Crippen LogP contribution in [0.2, 0.25) is 0 Å². The number of aliphatic hydroxyl groups excluding tert-OH is 1. The summed E-state index contributed by atoms with van der Waals surface area (Å²) in [5.74, 6) is -1.51. The van der Waals surface area contributed by atoms with E-state index in [2.05, 4.69) is 10.6 Å². The van der Waals surface area contributed by atoms with Crippen molar-refractivity contribution in [2.45, 2.75) is 32.1 Å². The molecule has 0 aliphatic heterocycles. The van der Waals surface area contributed by atoms with E-state index >= 15 is 0 Å². The molecule has 1 aliphatic carbocycles. The zero-order valence-electron chi connectivity index (χ0n) is 11.8. The van der Waals surface area contributed by atoms with E-state index in [-0.39, 0.29) is 17.7 Å².